The first-order valence-corrected chi connectivity index (χ1v) is 6.33. The number of fused-ring (bicyclic) bond motifs is 1. The fourth-order valence-corrected chi connectivity index (χ4v) is 3.02. The van der Waals surface area contributed by atoms with Gasteiger partial charge in [-0.3, -0.25) is 4.79 Å². The quantitative estimate of drug-likeness (QED) is 0.739. The summed E-state index contributed by atoms with van der Waals surface area (Å²) in [5.41, 5.74) is 1.89. The predicted molar refractivity (Wildman–Crippen MR) is 71.6 cm³/mol. The Morgan fingerprint density at radius 3 is 2.89 bits per heavy atom. The molecular weight excluding hydrogens is 248 g/mol. The van der Waals surface area contributed by atoms with Gasteiger partial charge >= 0.3 is 0 Å². The number of carbonyl (C=O) groups excluding carboxylic acids is 1. The molecule has 0 saturated carbocycles. The Labute approximate surface area is 111 Å². The van der Waals surface area contributed by atoms with E-state index in [2.05, 4.69) is 16.7 Å². The number of benzene rings is 1. The molecule has 3 rings (SSSR count). The average molecular weight is 262 g/mol. The van der Waals surface area contributed by atoms with Crippen LogP contribution in [0.3, 0.4) is 0 Å². The first kappa shape index (κ1) is 11.5. The second-order valence-electron chi connectivity index (χ2n) is 4.80. The number of rotatable bonds is 1. The van der Waals surface area contributed by atoms with Gasteiger partial charge in [-0.05, 0) is 48.3 Å². The molecule has 1 amide bonds. The molecule has 1 aliphatic heterocycles. The summed E-state index contributed by atoms with van der Waals surface area (Å²) in [6.07, 6.45) is 2.31. The monoisotopic (exact) mass is 262 g/mol. The standard InChI is InChI=1S/C13H14N2O2S/c1-17-10-3-2-8-4-5-13(7-9(8)6-10)11(16)14-12(18)15-13/h2-3,6H,4-5,7H2,1H3,(H2,14,15,16,18). The minimum Gasteiger partial charge on any atom is -0.497 e. The largest absolute Gasteiger partial charge is 0.497 e. The molecule has 5 heteroatoms. The highest BCUT2D eigenvalue weighted by Gasteiger charge is 2.46. The van der Waals surface area contributed by atoms with Crippen molar-refractivity contribution in [3.63, 3.8) is 0 Å². The zero-order chi connectivity index (χ0) is 12.8. The minimum atomic E-state index is -0.559. The van der Waals surface area contributed by atoms with Crippen LogP contribution in [0.5, 0.6) is 5.75 Å². The first-order valence-electron chi connectivity index (χ1n) is 5.92. The molecule has 1 spiro atoms. The van der Waals surface area contributed by atoms with E-state index in [0.29, 0.717) is 11.5 Å². The Bertz CT molecular complexity index is 544. The van der Waals surface area contributed by atoms with Crippen LogP contribution in [0, 0.1) is 0 Å². The number of ether oxygens (including phenoxy) is 1. The molecule has 18 heavy (non-hydrogen) atoms. The SMILES string of the molecule is COc1ccc2c(c1)CC1(CC2)NC(=S)NC1=O. The van der Waals surface area contributed by atoms with Crippen molar-refractivity contribution in [2.24, 2.45) is 0 Å². The van der Waals surface area contributed by atoms with E-state index in [1.165, 1.54) is 5.56 Å². The molecule has 0 radical (unpaired) electrons. The maximum Gasteiger partial charge on any atom is 0.252 e. The lowest BCUT2D eigenvalue weighted by atomic mass is 9.78. The van der Waals surface area contributed by atoms with Crippen molar-refractivity contribution in [1.82, 2.24) is 10.6 Å². The topological polar surface area (TPSA) is 50.4 Å². The molecular formula is C13H14N2O2S. The Morgan fingerprint density at radius 1 is 1.39 bits per heavy atom. The van der Waals surface area contributed by atoms with E-state index in [4.69, 9.17) is 17.0 Å². The van der Waals surface area contributed by atoms with Crippen LogP contribution < -0.4 is 15.4 Å². The lowest BCUT2D eigenvalue weighted by molar-refractivity contribution is -0.124. The number of thiocarbonyl (C=S) groups is 1. The summed E-state index contributed by atoms with van der Waals surface area (Å²) in [5, 5.41) is 6.25. The number of aryl methyl sites for hydroxylation is 1. The number of carbonyl (C=O) groups is 1. The van der Waals surface area contributed by atoms with Gasteiger partial charge in [-0.1, -0.05) is 6.07 Å². The molecule has 0 aromatic heterocycles. The van der Waals surface area contributed by atoms with Crippen LogP contribution >= 0.6 is 12.2 Å². The summed E-state index contributed by atoms with van der Waals surface area (Å²) >= 11 is 5.03. The number of hydrogen-bond acceptors (Lipinski definition) is 3. The van der Waals surface area contributed by atoms with Gasteiger partial charge in [-0.25, -0.2) is 0 Å². The summed E-state index contributed by atoms with van der Waals surface area (Å²) in [5.74, 6) is 0.813. The third-order valence-corrected chi connectivity index (χ3v) is 3.95. The van der Waals surface area contributed by atoms with Crippen molar-refractivity contribution in [2.75, 3.05) is 7.11 Å². The lowest BCUT2D eigenvalue weighted by Crippen LogP contribution is -2.51. The summed E-state index contributed by atoms with van der Waals surface area (Å²) in [4.78, 5) is 12.0. The number of nitrogens with one attached hydrogen (secondary N) is 2. The van der Waals surface area contributed by atoms with E-state index in [-0.39, 0.29) is 5.91 Å². The van der Waals surface area contributed by atoms with Crippen LogP contribution in [-0.2, 0) is 17.6 Å². The molecule has 1 aromatic rings. The summed E-state index contributed by atoms with van der Waals surface area (Å²) in [7, 11) is 1.65. The van der Waals surface area contributed by atoms with Crippen molar-refractivity contribution in [2.45, 2.75) is 24.8 Å². The molecule has 1 aliphatic carbocycles. The van der Waals surface area contributed by atoms with Crippen LogP contribution in [0.2, 0.25) is 0 Å². The zero-order valence-corrected chi connectivity index (χ0v) is 10.9. The molecule has 1 fully saturated rings. The maximum absolute atomic E-state index is 12.0. The highest BCUT2D eigenvalue weighted by atomic mass is 32.1. The van der Waals surface area contributed by atoms with E-state index in [0.717, 1.165) is 24.2 Å². The molecule has 2 N–H and O–H groups in total. The van der Waals surface area contributed by atoms with Crippen molar-refractivity contribution in [3.8, 4) is 5.75 Å². The normalized spacial score (nSPS) is 25.6. The summed E-state index contributed by atoms with van der Waals surface area (Å²) < 4.78 is 5.23. The van der Waals surface area contributed by atoms with Gasteiger partial charge < -0.3 is 15.4 Å². The Balaban J connectivity index is 1.97. The highest BCUT2D eigenvalue weighted by Crippen LogP contribution is 2.32. The van der Waals surface area contributed by atoms with Crippen LogP contribution in [0.25, 0.3) is 0 Å². The Hall–Kier alpha value is -1.62. The molecule has 1 saturated heterocycles. The Morgan fingerprint density at radius 2 is 2.22 bits per heavy atom. The van der Waals surface area contributed by atoms with E-state index >= 15 is 0 Å². The summed E-state index contributed by atoms with van der Waals surface area (Å²) in [6, 6.07) is 6.04. The van der Waals surface area contributed by atoms with Crippen molar-refractivity contribution >= 4 is 23.2 Å². The maximum atomic E-state index is 12.0. The van der Waals surface area contributed by atoms with Crippen LogP contribution in [0.1, 0.15) is 17.5 Å². The van der Waals surface area contributed by atoms with Crippen LogP contribution in [-0.4, -0.2) is 23.7 Å². The smallest absolute Gasteiger partial charge is 0.252 e. The van der Waals surface area contributed by atoms with Gasteiger partial charge in [0.15, 0.2) is 5.11 Å². The molecule has 1 unspecified atom stereocenters. The highest BCUT2D eigenvalue weighted by molar-refractivity contribution is 7.80. The number of methoxy groups -OCH3 is 1. The van der Waals surface area contributed by atoms with Crippen molar-refractivity contribution < 1.29 is 9.53 Å². The van der Waals surface area contributed by atoms with Gasteiger partial charge in [-0.15, -0.1) is 0 Å². The molecule has 1 aromatic carbocycles. The van der Waals surface area contributed by atoms with E-state index < -0.39 is 5.54 Å². The second-order valence-corrected chi connectivity index (χ2v) is 5.21. The lowest BCUT2D eigenvalue weighted by Gasteiger charge is -2.32. The number of amides is 1. The van der Waals surface area contributed by atoms with Crippen LogP contribution in [0.15, 0.2) is 18.2 Å². The molecule has 1 atom stereocenters. The van der Waals surface area contributed by atoms with Gasteiger partial charge in [0.05, 0.1) is 7.11 Å². The Kier molecular flexibility index (Phi) is 2.52. The summed E-state index contributed by atoms with van der Waals surface area (Å²) in [6.45, 7) is 0. The minimum absolute atomic E-state index is 0.0130. The molecule has 4 nitrogen and oxygen atoms in total. The van der Waals surface area contributed by atoms with E-state index in [1.807, 2.05) is 12.1 Å². The van der Waals surface area contributed by atoms with E-state index in [9.17, 15) is 4.79 Å². The van der Waals surface area contributed by atoms with Crippen LogP contribution in [0.4, 0.5) is 0 Å². The molecule has 1 heterocycles. The van der Waals surface area contributed by atoms with E-state index in [1.54, 1.807) is 7.11 Å². The second kappa shape index (κ2) is 3.95. The van der Waals surface area contributed by atoms with Gasteiger partial charge in [0.2, 0.25) is 0 Å². The third kappa shape index (κ3) is 1.66. The zero-order valence-electron chi connectivity index (χ0n) is 10.1. The average Bonchev–Trinajstić information content (AvgIpc) is 2.63. The van der Waals surface area contributed by atoms with Gasteiger partial charge in [0.1, 0.15) is 11.3 Å². The van der Waals surface area contributed by atoms with Crippen molar-refractivity contribution in [3.05, 3.63) is 29.3 Å². The number of hydrogen-bond donors (Lipinski definition) is 2. The molecule has 2 aliphatic rings. The van der Waals surface area contributed by atoms with Gasteiger partial charge in [0.25, 0.3) is 5.91 Å². The van der Waals surface area contributed by atoms with Gasteiger partial charge in [0, 0.05) is 6.42 Å². The first-order chi connectivity index (χ1) is 8.63. The molecule has 94 valence electrons. The third-order valence-electron chi connectivity index (χ3n) is 3.74. The van der Waals surface area contributed by atoms with Gasteiger partial charge in [-0.2, -0.15) is 0 Å². The molecule has 0 bridgehead atoms. The fourth-order valence-electron chi connectivity index (χ4n) is 2.73. The fraction of sp³-hybridized carbons (Fsp3) is 0.385. The predicted octanol–water partition coefficient (Wildman–Crippen LogP) is 0.927. The van der Waals surface area contributed by atoms with Crippen molar-refractivity contribution in [1.29, 1.82) is 0 Å².